The first-order valence-corrected chi connectivity index (χ1v) is 10.5. The maximum Gasteiger partial charge on any atom is 0.241 e. The molecule has 1 saturated heterocycles. The molecule has 6 nitrogen and oxygen atoms in total. The molecule has 1 N–H and O–H groups in total. The molecule has 0 bridgehead atoms. The lowest BCUT2D eigenvalue weighted by Crippen LogP contribution is -2.54. The van der Waals surface area contributed by atoms with Gasteiger partial charge in [0, 0.05) is 37.8 Å². The van der Waals surface area contributed by atoms with Crippen molar-refractivity contribution in [1.82, 2.24) is 9.80 Å². The molecular weight excluding hydrogens is 378 g/mol. The first-order chi connectivity index (χ1) is 14.4. The zero-order valence-corrected chi connectivity index (χ0v) is 18.0. The molecular formula is C24H31N3O3. The molecule has 0 saturated carbocycles. The van der Waals surface area contributed by atoms with Gasteiger partial charge in [-0.15, -0.1) is 0 Å². The molecule has 1 fully saturated rings. The monoisotopic (exact) mass is 409 g/mol. The highest BCUT2D eigenvalue weighted by molar-refractivity contribution is 5.94. The van der Waals surface area contributed by atoms with Crippen LogP contribution in [-0.4, -0.2) is 53.8 Å². The van der Waals surface area contributed by atoms with Crippen molar-refractivity contribution < 1.29 is 14.3 Å². The van der Waals surface area contributed by atoms with Crippen LogP contribution in [-0.2, 0) is 16.2 Å². The molecule has 1 atom stereocenters. The molecule has 1 heterocycles. The van der Waals surface area contributed by atoms with Gasteiger partial charge in [0.05, 0.1) is 6.04 Å². The molecule has 1 unspecified atom stereocenters. The van der Waals surface area contributed by atoms with Crippen LogP contribution in [0, 0.1) is 5.92 Å². The summed E-state index contributed by atoms with van der Waals surface area (Å²) in [6, 6.07) is 17.2. The molecule has 160 valence electrons. The maximum absolute atomic E-state index is 12.7. The molecule has 30 heavy (non-hydrogen) atoms. The van der Waals surface area contributed by atoms with Crippen LogP contribution >= 0.6 is 0 Å². The van der Waals surface area contributed by atoms with E-state index < -0.39 is 0 Å². The van der Waals surface area contributed by atoms with Crippen molar-refractivity contribution in [2.45, 2.75) is 33.4 Å². The van der Waals surface area contributed by atoms with Crippen molar-refractivity contribution in [1.29, 1.82) is 0 Å². The number of carbonyl (C=O) groups is 2. The summed E-state index contributed by atoms with van der Waals surface area (Å²) in [6.45, 7) is 9.01. The summed E-state index contributed by atoms with van der Waals surface area (Å²) in [4.78, 5) is 28.8. The summed E-state index contributed by atoms with van der Waals surface area (Å²) >= 11 is 0. The minimum absolute atomic E-state index is 0.0110. The van der Waals surface area contributed by atoms with E-state index in [2.05, 4.69) is 10.2 Å². The van der Waals surface area contributed by atoms with Crippen LogP contribution in [0.5, 0.6) is 5.75 Å². The van der Waals surface area contributed by atoms with Gasteiger partial charge in [-0.3, -0.25) is 14.5 Å². The normalized spacial score (nSPS) is 15.7. The fourth-order valence-corrected chi connectivity index (χ4v) is 3.48. The number of hydrogen-bond acceptors (Lipinski definition) is 4. The van der Waals surface area contributed by atoms with Gasteiger partial charge in [0.15, 0.2) is 0 Å². The number of rotatable bonds is 7. The summed E-state index contributed by atoms with van der Waals surface area (Å²) in [6.07, 6.45) is 0. The molecule has 1 aliphatic heterocycles. The molecule has 0 spiro atoms. The van der Waals surface area contributed by atoms with Gasteiger partial charge in [0.1, 0.15) is 12.4 Å². The topological polar surface area (TPSA) is 61.9 Å². The van der Waals surface area contributed by atoms with E-state index in [1.165, 1.54) is 0 Å². The third-order valence-corrected chi connectivity index (χ3v) is 5.42. The van der Waals surface area contributed by atoms with Crippen molar-refractivity contribution in [2.24, 2.45) is 5.92 Å². The molecule has 1 aliphatic rings. The summed E-state index contributed by atoms with van der Waals surface area (Å²) in [5, 5.41) is 2.98. The van der Waals surface area contributed by atoms with E-state index in [1.807, 2.05) is 80.3 Å². The van der Waals surface area contributed by atoms with Gasteiger partial charge in [0.2, 0.25) is 11.8 Å². The van der Waals surface area contributed by atoms with Crippen LogP contribution in [0.25, 0.3) is 0 Å². The fraction of sp³-hybridized carbons (Fsp3) is 0.417. The fourth-order valence-electron chi connectivity index (χ4n) is 3.48. The lowest BCUT2D eigenvalue weighted by Gasteiger charge is -2.38. The summed E-state index contributed by atoms with van der Waals surface area (Å²) in [5.41, 5.74) is 1.85. The Bertz CT molecular complexity index is 829. The first kappa shape index (κ1) is 21.8. The van der Waals surface area contributed by atoms with Crippen LogP contribution in [0.3, 0.4) is 0 Å². The van der Waals surface area contributed by atoms with Crippen molar-refractivity contribution in [3.63, 3.8) is 0 Å². The Labute approximate surface area is 178 Å². The van der Waals surface area contributed by atoms with Crippen LogP contribution < -0.4 is 10.1 Å². The average Bonchev–Trinajstić information content (AvgIpc) is 2.78. The van der Waals surface area contributed by atoms with Crippen LogP contribution in [0.1, 0.15) is 26.3 Å². The first-order valence-electron chi connectivity index (χ1n) is 10.5. The highest BCUT2D eigenvalue weighted by atomic mass is 16.5. The standard InChI is InChI=1S/C24H31N3O3/c1-18(2)24(29)27-15-13-26(14-16-27)19(3)23(28)25-21-9-11-22(12-10-21)30-17-20-7-5-4-6-8-20/h4-12,18-19H,13-17H2,1-3H3,(H,25,28). The van der Waals surface area contributed by atoms with Gasteiger partial charge < -0.3 is 15.0 Å². The van der Waals surface area contributed by atoms with Gasteiger partial charge in [-0.2, -0.15) is 0 Å². The summed E-state index contributed by atoms with van der Waals surface area (Å²) in [7, 11) is 0. The van der Waals surface area contributed by atoms with Crippen LogP contribution in [0.4, 0.5) is 5.69 Å². The summed E-state index contributed by atoms with van der Waals surface area (Å²) in [5.74, 6) is 0.908. The Balaban J connectivity index is 1.46. The molecule has 3 rings (SSSR count). The molecule has 2 amide bonds. The second kappa shape index (κ2) is 10.3. The number of amides is 2. The molecule has 2 aromatic carbocycles. The zero-order chi connectivity index (χ0) is 21.5. The zero-order valence-electron chi connectivity index (χ0n) is 18.0. The third kappa shape index (κ3) is 5.83. The van der Waals surface area contributed by atoms with Crippen molar-refractivity contribution >= 4 is 17.5 Å². The largest absolute Gasteiger partial charge is 0.489 e. The number of anilines is 1. The Morgan fingerprint density at radius 3 is 2.17 bits per heavy atom. The predicted molar refractivity (Wildman–Crippen MR) is 118 cm³/mol. The van der Waals surface area contributed by atoms with Gasteiger partial charge in [-0.1, -0.05) is 44.2 Å². The van der Waals surface area contributed by atoms with E-state index in [-0.39, 0.29) is 23.8 Å². The average molecular weight is 410 g/mol. The van der Waals surface area contributed by atoms with E-state index in [0.717, 1.165) is 17.0 Å². The second-order valence-electron chi connectivity index (χ2n) is 7.98. The van der Waals surface area contributed by atoms with Crippen LogP contribution in [0.2, 0.25) is 0 Å². The SMILES string of the molecule is CC(C)C(=O)N1CCN(C(C)C(=O)Nc2ccc(OCc3ccccc3)cc2)CC1. The minimum Gasteiger partial charge on any atom is -0.489 e. The lowest BCUT2D eigenvalue weighted by atomic mass is 10.1. The highest BCUT2D eigenvalue weighted by Crippen LogP contribution is 2.18. The van der Waals surface area contributed by atoms with Gasteiger partial charge >= 0.3 is 0 Å². The van der Waals surface area contributed by atoms with E-state index >= 15 is 0 Å². The Hall–Kier alpha value is -2.86. The highest BCUT2D eigenvalue weighted by Gasteiger charge is 2.28. The smallest absolute Gasteiger partial charge is 0.241 e. The maximum atomic E-state index is 12.7. The van der Waals surface area contributed by atoms with E-state index in [0.29, 0.717) is 32.8 Å². The van der Waals surface area contributed by atoms with Crippen molar-refractivity contribution in [3.8, 4) is 5.75 Å². The number of carbonyl (C=O) groups excluding carboxylic acids is 2. The predicted octanol–water partition coefficient (Wildman–Crippen LogP) is 3.39. The number of benzene rings is 2. The Morgan fingerprint density at radius 1 is 0.933 bits per heavy atom. The van der Waals surface area contributed by atoms with Crippen molar-refractivity contribution in [3.05, 3.63) is 60.2 Å². The molecule has 0 aliphatic carbocycles. The second-order valence-corrected chi connectivity index (χ2v) is 7.98. The molecule has 6 heteroatoms. The summed E-state index contributed by atoms with van der Waals surface area (Å²) < 4.78 is 5.79. The van der Waals surface area contributed by atoms with E-state index in [1.54, 1.807) is 0 Å². The molecule has 2 aromatic rings. The van der Waals surface area contributed by atoms with Gasteiger partial charge in [-0.05, 0) is 36.8 Å². The Kier molecular flexibility index (Phi) is 7.46. The van der Waals surface area contributed by atoms with E-state index in [4.69, 9.17) is 4.74 Å². The third-order valence-electron chi connectivity index (χ3n) is 5.42. The van der Waals surface area contributed by atoms with Crippen molar-refractivity contribution in [2.75, 3.05) is 31.5 Å². The molecule has 0 aromatic heterocycles. The Morgan fingerprint density at radius 2 is 1.57 bits per heavy atom. The number of nitrogens with one attached hydrogen (secondary N) is 1. The lowest BCUT2D eigenvalue weighted by molar-refractivity contribution is -0.136. The van der Waals surface area contributed by atoms with Gasteiger partial charge in [-0.25, -0.2) is 0 Å². The number of ether oxygens (including phenoxy) is 1. The minimum atomic E-state index is -0.254. The molecule has 0 radical (unpaired) electrons. The quantitative estimate of drug-likeness (QED) is 0.761. The number of piperazine rings is 1. The number of nitrogens with zero attached hydrogens (tertiary/aromatic N) is 2. The van der Waals surface area contributed by atoms with Crippen LogP contribution in [0.15, 0.2) is 54.6 Å². The van der Waals surface area contributed by atoms with E-state index in [9.17, 15) is 9.59 Å². The van der Waals surface area contributed by atoms with Gasteiger partial charge in [0.25, 0.3) is 0 Å². The number of hydrogen-bond donors (Lipinski definition) is 1.